The SMILES string of the molecule is CCC1CCCCC1n1c(CCl)nc2ccc(F)cc21. The summed E-state index contributed by atoms with van der Waals surface area (Å²) in [4.78, 5) is 4.58. The molecule has 2 nitrogen and oxygen atoms in total. The van der Waals surface area contributed by atoms with E-state index in [2.05, 4.69) is 16.5 Å². The predicted molar refractivity (Wildman–Crippen MR) is 80.5 cm³/mol. The van der Waals surface area contributed by atoms with E-state index in [-0.39, 0.29) is 5.82 Å². The van der Waals surface area contributed by atoms with Crippen LogP contribution in [0.4, 0.5) is 4.39 Å². The van der Waals surface area contributed by atoms with Crippen molar-refractivity contribution >= 4 is 22.6 Å². The molecule has 0 saturated heterocycles. The van der Waals surface area contributed by atoms with Crippen LogP contribution in [0.3, 0.4) is 0 Å². The molecule has 4 heteroatoms. The summed E-state index contributed by atoms with van der Waals surface area (Å²) in [5.41, 5.74) is 1.74. The van der Waals surface area contributed by atoms with Crippen LogP contribution in [0.2, 0.25) is 0 Å². The van der Waals surface area contributed by atoms with Gasteiger partial charge < -0.3 is 4.57 Å². The lowest BCUT2D eigenvalue weighted by molar-refractivity contribution is 0.234. The summed E-state index contributed by atoms with van der Waals surface area (Å²) in [5, 5.41) is 0. The highest BCUT2D eigenvalue weighted by Gasteiger charge is 2.28. The van der Waals surface area contributed by atoms with Crippen LogP contribution in [0.25, 0.3) is 11.0 Å². The molecule has 3 rings (SSSR count). The number of rotatable bonds is 3. The number of imidazole rings is 1. The van der Waals surface area contributed by atoms with Gasteiger partial charge in [0.1, 0.15) is 11.6 Å². The van der Waals surface area contributed by atoms with Gasteiger partial charge in [-0.3, -0.25) is 0 Å². The van der Waals surface area contributed by atoms with Gasteiger partial charge in [-0.25, -0.2) is 9.37 Å². The molecule has 1 aliphatic rings. The fourth-order valence-corrected chi connectivity index (χ4v) is 3.77. The van der Waals surface area contributed by atoms with Crippen molar-refractivity contribution in [1.29, 1.82) is 0 Å². The first-order chi connectivity index (χ1) is 9.74. The van der Waals surface area contributed by atoms with Crippen LogP contribution >= 0.6 is 11.6 Å². The average molecular weight is 295 g/mol. The molecule has 0 bridgehead atoms. The first-order valence-corrected chi connectivity index (χ1v) is 8.00. The van der Waals surface area contributed by atoms with Crippen LogP contribution in [0.5, 0.6) is 0 Å². The van der Waals surface area contributed by atoms with Crippen LogP contribution < -0.4 is 0 Å². The van der Waals surface area contributed by atoms with Crippen molar-refractivity contribution < 1.29 is 4.39 Å². The average Bonchev–Trinajstić information content (AvgIpc) is 2.84. The second-order valence-electron chi connectivity index (χ2n) is 5.68. The van der Waals surface area contributed by atoms with Crippen molar-refractivity contribution in [2.45, 2.75) is 50.9 Å². The number of fused-ring (bicyclic) bond motifs is 1. The minimum atomic E-state index is -0.205. The normalized spacial score (nSPS) is 23.4. The van der Waals surface area contributed by atoms with Crippen molar-refractivity contribution in [1.82, 2.24) is 9.55 Å². The molecule has 1 aromatic heterocycles. The Morgan fingerprint density at radius 1 is 1.35 bits per heavy atom. The summed E-state index contributed by atoms with van der Waals surface area (Å²) in [6.45, 7) is 2.24. The van der Waals surface area contributed by atoms with Crippen LogP contribution in [0, 0.1) is 11.7 Å². The molecule has 1 aliphatic carbocycles. The second-order valence-corrected chi connectivity index (χ2v) is 5.95. The topological polar surface area (TPSA) is 17.8 Å². The minimum Gasteiger partial charge on any atom is -0.323 e. The Morgan fingerprint density at radius 3 is 2.90 bits per heavy atom. The molecule has 2 atom stereocenters. The number of halogens is 2. The first kappa shape index (κ1) is 13.9. The van der Waals surface area contributed by atoms with Crippen LogP contribution in [-0.2, 0) is 5.88 Å². The standard InChI is InChI=1S/C16H20ClFN2/c1-2-11-5-3-4-6-14(11)20-15-9-12(18)7-8-13(15)19-16(20)10-17/h7-9,11,14H,2-6,10H2,1H3. The van der Waals surface area contributed by atoms with Gasteiger partial charge >= 0.3 is 0 Å². The zero-order chi connectivity index (χ0) is 14.1. The fraction of sp³-hybridized carbons (Fsp3) is 0.562. The Hall–Kier alpha value is -1.09. The molecular weight excluding hydrogens is 275 g/mol. The van der Waals surface area contributed by atoms with E-state index in [1.807, 2.05) is 0 Å². The molecule has 2 unspecified atom stereocenters. The third-order valence-electron chi connectivity index (χ3n) is 4.57. The largest absolute Gasteiger partial charge is 0.323 e. The van der Waals surface area contributed by atoms with Crippen molar-refractivity contribution in [2.75, 3.05) is 0 Å². The molecule has 0 aliphatic heterocycles. The highest BCUT2D eigenvalue weighted by atomic mass is 35.5. The van der Waals surface area contributed by atoms with Crippen molar-refractivity contribution in [3.63, 3.8) is 0 Å². The highest BCUT2D eigenvalue weighted by molar-refractivity contribution is 6.16. The van der Waals surface area contributed by atoms with E-state index in [1.54, 1.807) is 12.1 Å². The lowest BCUT2D eigenvalue weighted by atomic mass is 9.82. The Balaban J connectivity index is 2.14. The first-order valence-electron chi connectivity index (χ1n) is 7.47. The van der Waals surface area contributed by atoms with Gasteiger partial charge in [0.25, 0.3) is 0 Å². The molecule has 2 aromatic rings. The van der Waals surface area contributed by atoms with Gasteiger partial charge in [0.05, 0.1) is 16.9 Å². The van der Waals surface area contributed by atoms with Gasteiger partial charge in [0.2, 0.25) is 0 Å². The molecule has 0 spiro atoms. The highest BCUT2D eigenvalue weighted by Crippen LogP contribution is 2.39. The summed E-state index contributed by atoms with van der Waals surface area (Å²) >= 11 is 6.08. The number of hydrogen-bond acceptors (Lipinski definition) is 1. The van der Waals surface area contributed by atoms with Crippen molar-refractivity contribution in [2.24, 2.45) is 5.92 Å². The Bertz CT molecular complexity index is 608. The van der Waals surface area contributed by atoms with Crippen LogP contribution in [-0.4, -0.2) is 9.55 Å². The molecule has 108 valence electrons. The smallest absolute Gasteiger partial charge is 0.125 e. The summed E-state index contributed by atoms with van der Waals surface area (Å²) in [5.74, 6) is 1.69. The van der Waals surface area contributed by atoms with E-state index in [0.29, 0.717) is 17.8 Å². The number of nitrogens with zero attached hydrogens (tertiary/aromatic N) is 2. The van der Waals surface area contributed by atoms with Crippen LogP contribution in [0.15, 0.2) is 18.2 Å². The third kappa shape index (κ3) is 2.32. The van der Waals surface area contributed by atoms with Gasteiger partial charge in [-0.1, -0.05) is 26.2 Å². The van der Waals surface area contributed by atoms with E-state index in [1.165, 1.54) is 25.3 Å². The van der Waals surface area contributed by atoms with E-state index < -0.39 is 0 Å². The second kappa shape index (κ2) is 5.72. The maximum Gasteiger partial charge on any atom is 0.125 e. The van der Waals surface area contributed by atoms with E-state index in [9.17, 15) is 4.39 Å². The Kier molecular flexibility index (Phi) is 3.97. The van der Waals surface area contributed by atoms with Gasteiger partial charge in [-0.2, -0.15) is 0 Å². The van der Waals surface area contributed by atoms with Crippen molar-refractivity contribution in [3.8, 4) is 0 Å². The van der Waals surface area contributed by atoms with Crippen LogP contribution in [0.1, 0.15) is 50.9 Å². The number of alkyl halides is 1. The van der Waals surface area contributed by atoms with Gasteiger partial charge in [-0.15, -0.1) is 11.6 Å². The molecule has 20 heavy (non-hydrogen) atoms. The Morgan fingerprint density at radius 2 is 2.15 bits per heavy atom. The van der Waals surface area contributed by atoms with Crippen molar-refractivity contribution in [3.05, 3.63) is 29.8 Å². The summed E-state index contributed by atoms with van der Waals surface area (Å²) in [6, 6.07) is 5.23. The van der Waals surface area contributed by atoms with E-state index in [4.69, 9.17) is 11.6 Å². The summed E-state index contributed by atoms with van der Waals surface area (Å²) < 4.78 is 15.8. The molecule has 0 amide bonds. The third-order valence-corrected chi connectivity index (χ3v) is 4.81. The molecule has 1 heterocycles. The van der Waals surface area contributed by atoms with E-state index >= 15 is 0 Å². The maximum absolute atomic E-state index is 13.6. The molecule has 1 saturated carbocycles. The fourth-order valence-electron chi connectivity index (χ4n) is 3.58. The Labute approximate surface area is 123 Å². The minimum absolute atomic E-state index is 0.205. The molecule has 1 aromatic carbocycles. The van der Waals surface area contributed by atoms with E-state index in [0.717, 1.165) is 29.7 Å². The number of aromatic nitrogens is 2. The summed E-state index contributed by atoms with van der Waals surface area (Å²) in [7, 11) is 0. The monoisotopic (exact) mass is 294 g/mol. The quantitative estimate of drug-likeness (QED) is 0.724. The molecule has 0 N–H and O–H groups in total. The van der Waals surface area contributed by atoms with Gasteiger partial charge in [0, 0.05) is 6.04 Å². The zero-order valence-corrected chi connectivity index (χ0v) is 12.5. The molecular formula is C16H20ClFN2. The zero-order valence-electron chi connectivity index (χ0n) is 11.8. The predicted octanol–water partition coefficient (Wildman–Crippen LogP) is 5.06. The lowest BCUT2D eigenvalue weighted by Gasteiger charge is -2.33. The van der Waals surface area contributed by atoms with Gasteiger partial charge in [-0.05, 0) is 37.0 Å². The maximum atomic E-state index is 13.6. The summed E-state index contributed by atoms with van der Waals surface area (Å²) in [6.07, 6.45) is 6.08. The van der Waals surface area contributed by atoms with Gasteiger partial charge in [0.15, 0.2) is 0 Å². The molecule has 0 radical (unpaired) electrons. The molecule has 1 fully saturated rings. The lowest BCUT2D eigenvalue weighted by Crippen LogP contribution is -2.24. The number of benzene rings is 1. The number of hydrogen-bond donors (Lipinski definition) is 0.